The van der Waals surface area contributed by atoms with Crippen molar-refractivity contribution in [1.29, 1.82) is 0 Å². The van der Waals surface area contributed by atoms with Gasteiger partial charge in [0.05, 0.1) is 6.61 Å². The van der Waals surface area contributed by atoms with Crippen molar-refractivity contribution >= 4 is 21.9 Å². The van der Waals surface area contributed by atoms with Gasteiger partial charge >= 0.3 is 5.97 Å². The molecule has 0 amide bonds. The maximum atomic E-state index is 11.0. The zero-order chi connectivity index (χ0) is 12.0. The van der Waals surface area contributed by atoms with Gasteiger partial charge in [-0.15, -0.1) is 0 Å². The second-order valence-electron chi connectivity index (χ2n) is 3.27. The molecule has 0 heterocycles. The second-order valence-corrected chi connectivity index (χ2v) is 4.12. The van der Waals surface area contributed by atoms with Crippen LogP contribution in [0.2, 0.25) is 0 Å². The normalized spacial score (nSPS) is 9.19. The Morgan fingerprint density at radius 1 is 1.50 bits per heavy atom. The lowest BCUT2D eigenvalue weighted by molar-refractivity contribution is -0.141. The summed E-state index contributed by atoms with van der Waals surface area (Å²) < 4.78 is 5.72. The Balaban J connectivity index is 2.69. The molecule has 1 aromatic carbocycles. The summed E-state index contributed by atoms with van der Waals surface area (Å²) in [4.78, 5) is 11.0. The highest BCUT2D eigenvalue weighted by Gasteiger charge is 1.98. The van der Waals surface area contributed by atoms with E-state index in [2.05, 4.69) is 27.8 Å². The topological polar surface area (TPSA) is 26.3 Å². The van der Waals surface area contributed by atoms with Crippen molar-refractivity contribution in [3.8, 4) is 11.8 Å². The number of carbonyl (C=O) groups excluding carboxylic acids is 1. The minimum atomic E-state index is -0.279. The van der Waals surface area contributed by atoms with Crippen LogP contribution in [0.1, 0.15) is 24.5 Å². The average molecular weight is 281 g/mol. The quantitative estimate of drug-likeness (QED) is 0.615. The van der Waals surface area contributed by atoms with Crippen molar-refractivity contribution in [2.24, 2.45) is 0 Å². The van der Waals surface area contributed by atoms with Crippen LogP contribution in [0, 0.1) is 18.8 Å². The summed E-state index contributed by atoms with van der Waals surface area (Å²) in [6.07, 6.45) is 0.133. The molecule has 16 heavy (non-hydrogen) atoms. The van der Waals surface area contributed by atoms with Gasteiger partial charge in [0.25, 0.3) is 0 Å². The third-order valence-electron chi connectivity index (χ3n) is 1.88. The molecule has 0 spiro atoms. The van der Waals surface area contributed by atoms with Gasteiger partial charge in [0, 0.05) is 10.0 Å². The minimum Gasteiger partial charge on any atom is -0.465 e. The van der Waals surface area contributed by atoms with Gasteiger partial charge < -0.3 is 4.74 Å². The number of benzene rings is 1. The molecule has 3 heteroatoms. The Morgan fingerprint density at radius 2 is 2.25 bits per heavy atom. The first-order valence-corrected chi connectivity index (χ1v) is 5.83. The summed E-state index contributed by atoms with van der Waals surface area (Å²) in [5, 5.41) is 0. The number of halogens is 1. The lowest BCUT2D eigenvalue weighted by Gasteiger charge is -1.98. The predicted octanol–water partition coefficient (Wildman–Crippen LogP) is 3.06. The van der Waals surface area contributed by atoms with E-state index < -0.39 is 0 Å². The first-order chi connectivity index (χ1) is 7.63. The second kappa shape index (κ2) is 6.34. The highest BCUT2D eigenvalue weighted by Crippen LogP contribution is 2.16. The third-order valence-corrected chi connectivity index (χ3v) is 2.57. The third kappa shape index (κ3) is 4.08. The van der Waals surface area contributed by atoms with Crippen molar-refractivity contribution in [3.05, 3.63) is 33.8 Å². The fourth-order valence-corrected chi connectivity index (χ4v) is 1.50. The van der Waals surface area contributed by atoms with Crippen molar-refractivity contribution in [3.63, 3.8) is 0 Å². The molecule has 0 saturated heterocycles. The monoisotopic (exact) mass is 280 g/mol. The Bertz CT molecular complexity index is 441. The van der Waals surface area contributed by atoms with Gasteiger partial charge in [-0.2, -0.15) is 0 Å². The number of carbonyl (C=O) groups is 1. The van der Waals surface area contributed by atoms with Gasteiger partial charge in [-0.3, -0.25) is 4.79 Å². The van der Waals surface area contributed by atoms with Gasteiger partial charge in [-0.05, 0) is 47.5 Å². The number of hydrogen-bond acceptors (Lipinski definition) is 2. The summed E-state index contributed by atoms with van der Waals surface area (Å²) in [5.74, 6) is 5.47. The van der Waals surface area contributed by atoms with E-state index in [1.807, 2.05) is 25.1 Å². The summed E-state index contributed by atoms with van der Waals surface area (Å²) in [6, 6.07) is 5.92. The molecular weight excluding hydrogens is 268 g/mol. The Labute approximate surface area is 104 Å². The Kier molecular flexibility index (Phi) is 5.07. The van der Waals surface area contributed by atoms with E-state index in [9.17, 15) is 4.79 Å². The van der Waals surface area contributed by atoms with Crippen molar-refractivity contribution < 1.29 is 9.53 Å². The molecule has 0 saturated carbocycles. The molecule has 2 nitrogen and oxygen atoms in total. The molecule has 84 valence electrons. The van der Waals surface area contributed by atoms with Gasteiger partial charge in [0.15, 0.2) is 0 Å². The number of rotatable bonds is 2. The lowest BCUT2D eigenvalue weighted by atomic mass is 10.1. The number of ether oxygens (including phenoxy) is 1. The number of hydrogen-bond donors (Lipinski definition) is 0. The standard InChI is InChI=1S/C13H13BrO2/c1-3-16-13(15)6-4-5-11-9-10(2)7-8-12(11)14/h7-9H,3,6H2,1-2H3. The molecule has 1 aromatic rings. The summed E-state index contributed by atoms with van der Waals surface area (Å²) in [7, 11) is 0. The maximum Gasteiger partial charge on any atom is 0.317 e. The molecule has 0 N–H and O–H groups in total. The Morgan fingerprint density at radius 3 is 2.94 bits per heavy atom. The van der Waals surface area contributed by atoms with Gasteiger partial charge in [-0.25, -0.2) is 0 Å². The molecular formula is C13H13BrO2. The number of esters is 1. The van der Waals surface area contributed by atoms with Crippen LogP contribution in [0.5, 0.6) is 0 Å². The zero-order valence-electron chi connectivity index (χ0n) is 9.34. The molecule has 0 aliphatic rings. The fraction of sp³-hybridized carbons (Fsp3) is 0.308. The van der Waals surface area contributed by atoms with Crippen molar-refractivity contribution in [2.75, 3.05) is 6.61 Å². The van der Waals surface area contributed by atoms with Crippen LogP contribution in [-0.4, -0.2) is 12.6 Å². The predicted molar refractivity (Wildman–Crippen MR) is 67.0 cm³/mol. The van der Waals surface area contributed by atoms with E-state index in [4.69, 9.17) is 4.74 Å². The van der Waals surface area contributed by atoms with E-state index in [0.29, 0.717) is 6.61 Å². The fourth-order valence-electron chi connectivity index (χ4n) is 1.16. The van der Waals surface area contributed by atoms with Crippen LogP contribution in [0.15, 0.2) is 22.7 Å². The maximum absolute atomic E-state index is 11.0. The van der Waals surface area contributed by atoms with Crippen LogP contribution in [-0.2, 0) is 9.53 Å². The van der Waals surface area contributed by atoms with Crippen LogP contribution in [0.25, 0.3) is 0 Å². The molecule has 0 aliphatic carbocycles. The van der Waals surface area contributed by atoms with Crippen LogP contribution in [0.3, 0.4) is 0 Å². The molecule has 0 aliphatic heterocycles. The lowest BCUT2D eigenvalue weighted by Crippen LogP contribution is -2.01. The molecule has 0 aromatic heterocycles. The first-order valence-electron chi connectivity index (χ1n) is 5.04. The molecule has 0 bridgehead atoms. The SMILES string of the molecule is CCOC(=O)CC#Cc1cc(C)ccc1Br. The minimum absolute atomic E-state index is 0.133. The molecule has 0 atom stereocenters. The van der Waals surface area contributed by atoms with Crippen molar-refractivity contribution in [2.45, 2.75) is 20.3 Å². The molecule has 0 fully saturated rings. The first kappa shape index (κ1) is 12.8. The highest BCUT2D eigenvalue weighted by atomic mass is 79.9. The number of aryl methyl sites for hydroxylation is 1. The summed E-state index contributed by atoms with van der Waals surface area (Å²) in [6.45, 7) is 4.18. The Hall–Kier alpha value is -1.27. The van der Waals surface area contributed by atoms with Crippen LogP contribution >= 0.6 is 15.9 Å². The molecule has 1 rings (SSSR count). The van der Waals surface area contributed by atoms with E-state index >= 15 is 0 Å². The smallest absolute Gasteiger partial charge is 0.317 e. The van der Waals surface area contributed by atoms with E-state index in [0.717, 1.165) is 15.6 Å². The van der Waals surface area contributed by atoms with Gasteiger partial charge in [0.1, 0.15) is 6.42 Å². The van der Waals surface area contributed by atoms with Crippen LogP contribution in [0.4, 0.5) is 0 Å². The van der Waals surface area contributed by atoms with Crippen molar-refractivity contribution in [1.82, 2.24) is 0 Å². The largest absolute Gasteiger partial charge is 0.465 e. The highest BCUT2D eigenvalue weighted by molar-refractivity contribution is 9.10. The van der Waals surface area contributed by atoms with E-state index in [-0.39, 0.29) is 12.4 Å². The van der Waals surface area contributed by atoms with E-state index in [1.54, 1.807) is 6.92 Å². The summed E-state index contributed by atoms with van der Waals surface area (Å²) in [5.41, 5.74) is 2.04. The average Bonchev–Trinajstić information content (AvgIpc) is 2.23. The van der Waals surface area contributed by atoms with Gasteiger partial charge in [-0.1, -0.05) is 17.9 Å². The van der Waals surface area contributed by atoms with E-state index in [1.165, 1.54) is 0 Å². The zero-order valence-corrected chi connectivity index (χ0v) is 10.9. The molecule has 0 unspecified atom stereocenters. The van der Waals surface area contributed by atoms with Crippen LogP contribution < -0.4 is 0 Å². The van der Waals surface area contributed by atoms with Gasteiger partial charge in [0.2, 0.25) is 0 Å². The summed E-state index contributed by atoms with van der Waals surface area (Å²) >= 11 is 3.41. The molecule has 0 radical (unpaired) electrons.